The third-order valence-corrected chi connectivity index (χ3v) is 3.00. The van der Waals surface area contributed by atoms with Crippen LogP contribution >= 0.6 is 12.2 Å². The Bertz CT molecular complexity index is 419. The molecule has 0 spiro atoms. The maximum atomic E-state index is 5.72. The predicted octanol–water partition coefficient (Wildman–Crippen LogP) is 3.25. The van der Waals surface area contributed by atoms with E-state index in [0.29, 0.717) is 11.1 Å². The van der Waals surface area contributed by atoms with Gasteiger partial charge in [-0.05, 0) is 51.3 Å². The largest absolute Gasteiger partial charge is 0.389 e. The third-order valence-electron chi connectivity index (χ3n) is 2.78. The van der Waals surface area contributed by atoms with Crippen LogP contribution in [-0.4, -0.2) is 24.2 Å². The van der Waals surface area contributed by atoms with Crippen molar-refractivity contribution in [3.8, 4) is 0 Å². The lowest BCUT2D eigenvalue weighted by Crippen LogP contribution is -2.14. The van der Waals surface area contributed by atoms with E-state index in [9.17, 15) is 0 Å². The van der Waals surface area contributed by atoms with Crippen molar-refractivity contribution in [3.63, 3.8) is 0 Å². The van der Waals surface area contributed by atoms with Crippen LogP contribution in [0.25, 0.3) is 0 Å². The molecule has 0 saturated heterocycles. The maximum Gasteiger partial charge on any atom is 0.106 e. The van der Waals surface area contributed by atoms with E-state index in [1.165, 1.54) is 5.56 Å². The van der Waals surface area contributed by atoms with E-state index in [2.05, 4.69) is 32.2 Å². The second-order valence-electron chi connectivity index (χ2n) is 4.97. The average molecular weight is 280 g/mol. The molecular formula is C15H24N2OS. The molecule has 0 amide bonds. The fraction of sp³-hybridized carbons (Fsp3) is 0.533. The molecule has 1 rings (SSSR count). The van der Waals surface area contributed by atoms with E-state index in [4.69, 9.17) is 22.7 Å². The summed E-state index contributed by atoms with van der Waals surface area (Å²) in [6, 6.07) is 6.08. The highest BCUT2D eigenvalue weighted by molar-refractivity contribution is 7.80. The monoisotopic (exact) mass is 280 g/mol. The summed E-state index contributed by atoms with van der Waals surface area (Å²) in [5.41, 5.74) is 8.86. The van der Waals surface area contributed by atoms with E-state index in [0.717, 1.165) is 37.2 Å². The molecule has 0 aliphatic heterocycles. The number of hydrogen-bond donors (Lipinski definition) is 2. The van der Waals surface area contributed by atoms with E-state index in [1.54, 1.807) is 0 Å². The molecule has 0 bridgehead atoms. The summed E-state index contributed by atoms with van der Waals surface area (Å²) in [6.45, 7) is 7.89. The molecule has 0 aliphatic carbocycles. The molecule has 106 valence electrons. The van der Waals surface area contributed by atoms with Gasteiger partial charge in [0.05, 0.1) is 6.10 Å². The number of nitrogens with one attached hydrogen (secondary N) is 1. The number of benzene rings is 1. The van der Waals surface area contributed by atoms with Gasteiger partial charge in [-0.3, -0.25) is 0 Å². The number of nitrogens with two attached hydrogens (primary N) is 1. The summed E-state index contributed by atoms with van der Waals surface area (Å²) in [5, 5.41) is 3.40. The molecule has 0 heterocycles. The zero-order chi connectivity index (χ0) is 14.3. The van der Waals surface area contributed by atoms with Gasteiger partial charge in [0, 0.05) is 24.4 Å². The minimum absolute atomic E-state index is 0.311. The van der Waals surface area contributed by atoms with Crippen molar-refractivity contribution in [2.75, 3.05) is 18.5 Å². The second-order valence-corrected chi connectivity index (χ2v) is 5.41. The van der Waals surface area contributed by atoms with Crippen molar-refractivity contribution in [2.24, 2.45) is 5.73 Å². The summed E-state index contributed by atoms with van der Waals surface area (Å²) in [7, 11) is 0. The molecule has 0 aromatic heterocycles. The number of unbranched alkanes of at least 4 members (excludes halogenated alkanes) is 1. The maximum absolute atomic E-state index is 5.72. The van der Waals surface area contributed by atoms with Gasteiger partial charge < -0.3 is 15.8 Å². The van der Waals surface area contributed by atoms with Gasteiger partial charge >= 0.3 is 0 Å². The Hall–Kier alpha value is -1.13. The smallest absolute Gasteiger partial charge is 0.106 e. The molecule has 0 fully saturated rings. The van der Waals surface area contributed by atoms with Gasteiger partial charge in [0.1, 0.15) is 4.99 Å². The van der Waals surface area contributed by atoms with Crippen LogP contribution in [0.4, 0.5) is 5.69 Å². The highest BCUT2D eigenvalue weighted by Gasteiger charge is 2.04. The van der Waals surface area contributed by atoms with Crippen molar-refractivity contribution in [1.29, 1.82) is 0 Å². The topological polar surface area (TPSA) is 47.3 Å². The van der Waals surface area contributed by atoms with Crippen LogP contribution in [0.3, 0.4) is 0 Å². The predicted molar refractivity (Wildman–Crippen MR) is 85.9 cm³/mol. The average Bonchev–Trinajstić information content (AvgIpc) is 2.33. The van der Waals surface area contributed by atoms with E-state index >= 15 is 0 Å². The summed E-state index contributed by atoms with van der Waals surface area (Å²) in [4.78, 5) is 0.436. The lowest BCUT2D eigenvalue weighted by atomic mass is 10.1. The lowest BCUT2D eigenvalue weighted by molar-refractivity contribution is 0.0765. The molecule has 4 heteroatoms. The Balaban J connectivity index is 2.40. The van der Waals surface area contributed by atoms with Crippen LogP contribution in [0.2, 0.25) is 0 Å². The molecule has 0 atom stereocenters. The Morgan fingerprint density at radius 1 is 1.37 bits per heavy atom. The van der Waals surface area contributed by atoms with Crippen LogP contribution in [0.1, 0.15) is 37.8 Å². The number of thiocarbonyl (C=S) groups is 1. The zero-order valence-electron chi connectivity index (χ0n) is 12.0. The standard InChI is InChI=1S/C15H24N2OS/c1-11(2)18-9-5-4-8-17-14-10-12(3)6-7-13(14)15(16)19/h6-7,10-11,17H,4-5,8-9H2,1-3H3,(H2,16,19). The quantitative estimate of drug-likeness (QED) is 0.567. The van der Waals surface area contributed by atoms with Crippen LogP contribution < -0.4 is 11.1 Å². The van der Waals surface area contributed by atoms with Crippen LogP contribution in [-0.2, 0) is 4.74 Å². The van der Waals surface area contributed by atoms with Gasteiger partial charge in [-0.15, -0.1) is 0 Å². The molecular weight excluding hydrogens is 256 g/mol. The van der Waals surface area contributed by atoms with Gasteiger partial charge in [0.15, 0.2) is 0 Å². The molecule has 1 aromatic carbocycles. The van der Waals surface area contributed by atoms with Crippen LogP contribution in [0.15, 0.2) is 18.2 Å². The first-order valence-electron chi connectivity index (χ1n) is 6.76. The van der Waals surface area contributed by atoms with Crippen molar-refractivity contribution >= 4 is 22.9 Å². The molecule has 0 aliphatic rings. The molecule has 0 unspecified atom stereocenters. The number of aryl methyl sites for hydroxylation is 1. The fourth-order valence-electron chi connectivity index (χ4n) is 1.79. The molecule has 19 heavy (non-hydrogen) atoms. The summed E-state index contributed by atoms with van der Waals surface area (Å²) >= 11 is 5.06. The van der Waals surface area contributed by atoms with E-state index in [1.807, 2.05) is 12.1 Å². The highest BCUT2D eigenvalue weighted by atomic mass is 32.1. The lowest BCUT2D eigenvalue weighted by Gasteiger charge is -2.12. The number of anilines is 1. The summed E-state index contributed by atoms with van der Waals surface area (Å²) in [5.74, 6) is 0. The normalized spacial score (nSPS) is 10.7. The fourth-order valence-corrected chi connectivity index (χ4v) is 1.97. The number of hydrogen-bond acceptors (Lipinski definition) is 3. The third kappa shape index (κ3) is 6.03. The first-order chi connectivity index (χ1) is 9.00. The minimum atomic E-state index is 0.311. The van der Waals surface area contributed by atoms with Gasteiger partial charge in [0.25, 0.3) is 0 Å². The summed E-state index contributed by atoms with van der Waals surface area (Å²) in [6.07, 6.45) is 2.43. The van der Waals surface area contributed by atoms with E-state index in [-0.39, 0.29) is 0 Å². The Kier molecular flexibility index (Phi) is 6.81. The van der Waals surface area contributed by atoms with Crippen molar-refractivity contribution < 1.29 is 4.74 Å². The van der Waals surface area contributed by atoms with Gasteiger partial charge in [0.2, 0.25) is 0 Å². The SMILES string of the molecule is Cc1ccc(C(N)=S)c(NCCCCOC(C)C)c1. The molecule has 3 nitrogen and oxygen atoms in total. The van der Waals surface area contributed by atoms with Gasteiger partial charge in [-0.25, -0.2) is 0 Å². The van der Waals surface area contributed by atoms with Crippen molar-refractivity contribution in [3.05, 3.63) is 29.3 Å². The Morgan fingerprint density at radius 2 is 2.11 bits per heavy atom. The molecule has 0 radical (unpaired) electrons. The highest BCUT2D eigenvalue weighted by Crippen LogP contribution is 2.17. The first kappa shape index (κ1) is 15.9. The minimum Gasteiger partial charge on any atom is -0.389 e. The van der Waals surface area contributed by atoms with E-state index < -0.39 is 0 Å². The zero-order valence-corrected chi connectivity index (χ0v) is 12.8. The van der Waals surface area contributed by atoms with Gasteiger partial charge in [-0.2, -0.15) is 0 Å². The molecule has 0 saturated carbocycles. The number of rotatable bonds is 8. The van der Waals surface area contributed by atoms with Crippen molar-refractivity contribution in [2.45, 2.75) is 39.7 Å². The van der Waals surface area contributed by atoms with Crippen molar-refractivity contribution in [1.82, 2.24) is 0 Å². The second kappa shape index (κ2) is 8.12. The number of ether oxygens (including phenoxy) is 1. The molecule has 1 aromatic rings. The van der Waals surface area contributed by atoms with Crippen LogP contribution in [0, 0.1) is 6.92 Å². The first-order valence-corrected chi connectivity index (χ1v) is 7.17. The molecule has 3 N–H and O–H groups in total. The Morgan fingerprint density at radius 3 is 2.74 bits per heavy atom. The van der Waals surface area contributed by atoms with Gasteiger partial charge in [-0.1, -0.05) is 18.3 Å². The summed E-state index contributed by atoms with van der Waals surface area (Å²) < 4.78 is 5.51. The Labute approximate surface area is 121 Å². The van der Waals surface area contributed by atoms with Crippen LogP contribution in [0.5, 0.6) is 0 Å².